The van der Waals surface area contributed by atoms with Crippen LogP contribution in [-0.4, -0.2) is 24.2 Å². The average molecular weight is 217 g/mol. The van der Waals surface area contributed by atoms with E-state index in [4.69, 9.17) is 5.11 Å². The van der Waals surface area contributed by atoms with Crippen LogP contribution in [0.5, 0.6) is 0 Å². The average Bonchev–Trinajstić information content (AvgIpc) is 2.95. The smallest absolute Gasteiger partial charge is 0.336 e. The van der Waals surface area contributed by atoms with E-state index in [2.05, 4.69) is 4.90 Å². The van der Waals surface area contributed by atoms with E-state index in [1.165, 1.54) is 12.8 Å². The van der Waals surface area contributed by atoms with Crippen LogP contribution in [0, 0.1) is 12.3 Å². The summed E-state index contributed by atoms with van der Waals surface area (Å²) in [6.45, 7) is 4.12. The van der Waals surface area contributed by atoms with E-state index in [0.717, 1.165) is 24.3 Å². The number of carbonyl (C=O) groups is 1. The molecule has 0 atom stereocenters. The number of rotatable bonds is 2. The van der Waals surface area contributed by atoms with Crippen molar-refractivity contribution in [2.45, 2.75) is 19.8 Å². The maximum Gasteiger partial charge on any atom is 0.336 e. The van der Waals surface area contributed by atoms with Crippen LogP contribution < -0.4 is 4.90 Å². The highest BCUT2D eigenvalue weighted by molar-refractivity contribution is 5.91. The number of hydrogen-bond donors (Lipinski definition) is 1. The molecule has 2 aliphatic rings. The van der Waals surface area contributed by atoms with Crippen LogP contribution in [0.25, 0.3) is 0 Å². The fraction of sp³-hybridized carbons (Fsp3) is 0.462. The van der Waals surface area contributed by atoms with Crippen molar-refractivity contribution in [2.75, 3.05) is 18.0 Å². The molecule has 0 unspecified atom stereocenters. The minimum absolute atomic E-state index is 0.425. The van der Waals surface area contributed by atoms with Gasteiger partial charge in [0.05, 0.1) is 5.56 Å². The van der Waals surface area contributed by atoms with E-state index in [0.29, 0.717) is 11.0 Å². The quantitative estimate of drug-likeness (QED) is 0.826. The molecule has 84 valence electrons. The molecule has 16 heavy (non-hydrogen) atoms. The third-order valence-corrected chi connectivity index (χ3v) is 3.89. The summed E-state index contributed by atoms with van der Waals surface area (Å²) in [4.78, 5) is 13.3. The molecule has 0 bridgehead atoms. The van der Waals surface area contributed by atoms with Crippen molar-refractivity contribution in [3.63, 3.8) is 0 Å². The Balaban J connectivity index is 1.89. The molecule has 1 aromatic rings. The predicted molar refractivity (Wildman–Crippen MR) is 62.0 cm³/mol. The molecule has 1 heterocycles. The van der Waals surface area contributed by atoms with Gasteiger partial charge >= 0.3 is 5.97 Å². The third kappa shape index (κ3) is 1.31. The third-order valence-electron chi connectivity index (χ3n) is 3.89. The monoisotopic (exact) mass is 217 g/mol. The maximum absolute atomic E-state index is 11.0. The molecule has 3 nitrogen and oxygen atoms in total. The second-order valence-corrected chi connectivity index (χ2v) is 5.11. The van der Waals surface area contributed by atoms with Gasteiger partial charge in [0.25, 0.3) is 0 Å². The normalized spacial score (nSPS) is 20.7. The Hall–Kier alpha value is -1.51. The molecule has 1 aliphatic carbocycles. The fourth-order valence-electron chi connectivity index (χ4n) is 2.62. The summed E-state index contributed by atoms with van der Waals surface area (Å²) >= 11 is 0. The number of anilines is 1. The summed E-state index contributed by atoms with van der Waals surface area (Å²) in [6.07, 6.45) is 2.70. The van der Waals surface area contributed by atoms with Gasteiger partial charge in [0.15, 0.2) is 0 Å². The first-order valence-electron chi connectivity index (χ1n) is 5.69. The van der Waals surface area contributed by atoms with Crippen molar-refractivity contribution >= 4 is 11.7 Å². The van der Waals surface area contributed by atoms with Gasteiger partial charge in [-0.1, -0.05) is 6.07 Å². The highest BCUT2D eigenvalue weighted by atomic mass is 16.4. The Morgan fingerprint density at radius 2 is 2.06 bits per heavy atom. The van der Waals surface area contributed by atoms with Crippen molar-refractivity contribution in [2.24, 2.45) is 5.41 Å². The van der Waals surface area contributed by atoms with Crippen LogP contribution in [0.15, 0.2) is 18.2 Å². The van der Waals surface area contributed by atoms with Gasteiger partial charge < -0.3 is 10.0 Å². The predicted octanol–water partition coefficient (Wildman–Crippen LogP) is 2.29. The zero-order valence-electron chi connectivity index (χ0n) is 9.36. The van der Waals surface area contributed by atoms with Gasteiger partial charge in [-0.2, -0.15) is 0 Å². The molecule has 1 saturated heterocycles. The minimum atomic E-state index is -0.832. The summed E-state index contributed by atoms with van der Waals surface area (Å²) < 4.78 is 0. The van der Waals surface area contributed by atoms with Crippen molar-refractivity contribution in [1.82, 2.24) is 0 Å². The van der Waals surface area contributed by atoms with Crippen molar-refractivity contribution < 1.29 is 9.90 Å². The second kappa shape index (κ2) is 3.00. The molecule has 0 amide bonds. The van der Waals surface area contributed by atoms with Gasteiger partial charge in [-0.25, -0.2) is 4.79 Å². The Bertz CT molecular complexity index is 455. The molecular weight excluding hydrogens is 202 g/mol. The molecule has 0 aromatic heterocycles. The highest BCUT2D eigenvalue weighted by Crippen LogP contribution is 2.54. The fourth-order valence-corrected chi connectivity index (χ4v) is 2.62. The standard InChI is InChI=1S/C13H15NO2/c1-9-10(12(15)16)3-2-4-11(9)14-7-13(8-14)5-6-13/h2-4H,5-8H2,1H3,(H,15,16). The van der Waals surface area contributed by atoms with E-state index >= 15 is 0 Å². The number of benzene rings is 1. The summed E-state index contributed by atoms with van der Waals surface area (Å²) in [5.74, 6) is -0.832. The lowest BCUT2D eigenvalue weighted by molar-refractivity contribution is 0.0696. The second-order valence-electron chi connectivity index (χ2n) is 5.11. The van der Waals surface area contributed by atoms with Gasteiger partial charge in [-0.15, -0.1) is 0 Å². The van der Waals surface area contributed by atoms with Crippen LogP contribution in [0.3, 0.4) is 0 Å². The first-order valence-corrected chi connectivity index (χ1v) is 5.69. The van der Waals surface area contributed by atoms with Gasteiger partial charge in [-0.05, 0) is 37.5 Å². The number of carboxylic acid groups (broad SMARTS) is 1. The Morgan fingerprint density at radius 3 is 2.62 bits per heavy atom. The lowest BCUT2D eigenvalue weighted by Gasteiger charge is -2.42. The largest absolute Gasteiger partial charge is 0.478 e. The van der Waals surface area contributed by atoms with Crippen molar-refractivity contribution in [3.05, 3.63) is 29.3 Å². The summed E-state index contributed by atoms with van der Waals surface area (Å²) in [6, 6.07) is 5.54. The molecule has 1 aliphatic heterocycles. The van der Waals surface area contributed by atoms with Crippen LogP contribution >= 0.6 is 0 Å². The lowest BCUT2D eigenvalue weighted by atomic mass is 9.94. The molecule has 2 fully saturated rings. The molecule has 1 spiro atoms. The first-order chi connectivity index (χ1) is 7.61. The van der Waals surface area contributed by atoms with Crippen molar-refractivity contribution in [3.8, 4) is 0 Å². The molecule has 3 rings (SSSR count). The zero-order valence-corrected chi connectivity index (χ0v) is 9.36. The number of nitrogens with zero attached hydrogens (tertiary/aromatic N) is 1. The summed E-state index contributed by atoms with van der Waals surface area (Å²) in [7, 11) is 0. The molecule has 1 N–H and O–H groups in total. The number of hydrogen-bond acceptors (Lipinski definition) is 2. The lowest BCUT2D eigenvalue weighted by Crippen LogP contribution is -2.48. The zero-order chi connectivity index (χ0) is 11.3. The van der Waals surface area contributed by atoms with E-state index < -0.39 is 5.97 Å². The van der Waals surface area contributed by atoms with Crippen LogP contribution in [0.2, 0.25) is 0 Å². The van der Waals surface area contributed by atoms with E-state index in [1.807, 2.05) is 19.1 Å². The Morgan fingerprint density at radius 1 is 1.38 bits per heavy atom. The van der Waals surface area contributed by atoms with Gasteiger partial charge in [0.1, 0.15) is 0 Å². The van der Waals surface area contributed by atoms with E-state index in [1.54, 1.807) is 6.07 Å². The number of aromatic carboxylic acids is 1. The molecule has 3 heteroatoms. The SMILES string of the molecule is Cc1c(C(=O)O)cccc1N1CC2(CC2)C1. The Kier molecular flexibility index (Phi) is 1.82. The number of carboxylic acids is 1. The maximum atomic E-state index is 11.0. The van der Waals surface area contributed by atoms with Gasteiger partial charge in [0, 0.05) is 24.2 Å². The van der Waals surface area contributed by atoms with Gasteiger partial charge in [-0.3, -0.25) is 0 Å². The van der Waals surface area contributed by atoms with Gasteiger partial charge in [0.2, 0.25) is 0 Å². The van der Waals surface area contributed by atoms with E-state index in [9.17, 15) is 4.79 Å². The summed E-state index contributed by atoms with van der Waals surface area (Å²) in [5, 5.41) is 9.06. The molecular formula is C13H15NO2. The summed E-state index contributed by atoms with van der Waals surface area (Å²) in [5.41, 5.74) is 3.02. The molecule has 1 aromatic carbocycles. The topological polar surface area (TPSA) is 40.5 Å². The Labute approximate surface area is 94.7 Å². The highest BCUT2D eigenvalue weighted by Gasteiger charge is 2.52. The molecule has 1 saturated carbocycles. The van der Waals surface area contributed by atoms with Crippen LogP contribution in [0.4, 0.5) is 5.69 Å². The van der Waals surface area contributed by atoms with E-state index in [-0.39, 0.29) is 0 Å². The van der Waals surface area contributed by atoms with Crippen LogP contribution in [-0.2, 0) is 0 Å². The first kappa shape index (κ1) is 9.70. The molecule has 0 radical (unpaired) electrons. The minimum Gasteiger partial charge on any atom is -0.478 e. The van der Waals surface area contributed by atoms with Crippen molar-refractivity contribution in [1.29, 1.82) is 0 Å². The van der Waals surface area contributed by atoms with Crippen LogP contribution in [0.1, 0.15) is 28.8 Å².